The quantitative estimate of drug-likeness (QED) is 0.848. The zero-order valence-electron chi connectivity index (χ0n) is 10.2. The maximum Gasteiger partial charge on any atom is 0.307 e. The summed E-state index contributed by atoms with van der Waals surface area (Å²) in [7, 11) is 0. The molecular formula is C13H16N2O3. The van der Waals surface area contributed by atoms with Gasteiger partial charge in [-0.3, -0.25) is 14.6 Å². The van der Waals surface area contributed by atoms with Gasteiger partial charge in [0.25, 0.3) is 0 Å². The Morgan fingerprint density at radius 2 is 2.06 bits per heavy atom. The van der Waals surface area contributed by atoms with Gasteiger partial charge in [0.15, 0.2) is 0 Å². The molecule has 1 heterocycles. The normalized spacial score (nSPS) is 21.4. The standard InChI is InChI=1S/C13H16N2O3/c1-2-15(8-9-3-5-14-6-4-9)12(16)10-7-11(10)13(17)18/h3-6,10-11H,2,7-8H2,1H3,(H,17,18)/t10-,11+/m1/s1. The summed E-state index contributed by atoms with van der Waals surface area (Å²) in [6.45, 7) is 3.00. The van der Waals surface area contributed by atoms with Crippen LogP contribution in [-0.2, 0) is 16.1 Å². The monoisotopic (exact) mass is 248 g/mol. The van der Waals surface area contributed by atoms with Gasteiger partial charge in [-0.1, -0.05) is 0 Å². The second-order valence-corrected chi connectivity index (χ2v) is 4.49. The highest BCUT2D eigenvalue weighted by Gasteiger charge is 2.49. The van der Waals surface area contributed by atoms with Crippen molar-refractivity contribution in [3.63, 3.8) is 0 Å². The van der Waals surface area contributed by atoms with E-state index >= 15 is 0 Å². The second-order valence-electron chi connectivity index (χ2n) is 4.49. The van der Waals surface area contributed by atoms with Crippen molar-refractivity contribution < 1.29 is 14.7 Å². The van der Waals surface area contributed by atoms with Gasteiger partial charge in [0.2, 0.25) is 5.91 Å². The fourth-order valence-electron chi connectivity index (χ4n) is 2.03. The van der Waals surface area contributed by atoms with Gasteiger partial charge in [0.1, 0.15) is 0 Å². The third-order valence-corrected chi connectivity index (χ3v) is 3.24. The van der Waals surface area contributed by atoms with E-state index in [1.165, 1.54) is 0 Å². The lowest BCUT2D eigenvalue weighted by Crippen LogP contribution is -2.32. The molecule has 96 valence electrons. The van der Waals surface area contributed by atoms with Crippen LogP contribution < -0.4 is 0 Å². The molecule has 0 saturated heterocycles. The summed E-state index contributed by atoms with van der Waals surface area (Å²) in [6.07, 6.45) is 3.84. The molecular weight excluding hydrogens is 232 g/mol. The van der Waals surface area contributed by atoms with Crippen molar-refractivity contribution in [2.75, 3.05) is 6.54 Å². The molecule has 1 aromatic heterocycles. The van der Waals surface area contributed by atoms with Crippen LogP contribution in [0.3, 0.4) is 0 Å². The number of carboxylic acids is 1. The van der Waals surface area contributed by atoms with Crippen LogP contribution in [0.1, 0.15) is 18.9 Å². The minimum Gasteiger partial charge on any atom is -0.481 e. The van der Waals surface area contributed by atoms with Crippen LogP contribution in [0.2, 0.25) is 0 Å². The molecule has 1 amide bonds. The number of nitrogens with zero attached hydrogens (tertiary/aromatic N) is 2. The number of amides is 1. The number of carbonyl (C=O) groups excluding carboxylic acids is 1. The van der Waals surface area contributed by atoms with Crippen LogP contribution in [0.5, 0.6) is 0 Å². The van der Waals surface area contributed by atoms with E-state index in [9.17, 15) is 9.59 Å². The van der Waals surface area contributed by atoms with Gasteiger partial charge in [0.05, 0.1) is 11.8 Å². The Bertz CT molecular complexity index is 447. The summed E-state index contributed by atoms with van der Waals surface area (Å²) < 4.78 is 0. The topological polar surface area (TPSA) is 70.5 Å². The Morgan fingerprint density at radius 3 is 2.56 bits per heavy atom. The lowest BCUT2D eigenvalue weighted by molar-refractivity contribution is -0.142. The first-order valence-electron chi connectivity index (χ1n) is 6.04. The first-order valence-corrected chi connectivity index (χ1v) is 6.04. The number of hydrogen-bond donors (Lipinski definition) is 1. The summed E-state index contributed by atoms with van der Waals surface area (Å²) in [5.74, 6) is -1.73. The molecule has 1 aliphatic rings. The van der Waals surface area contributed by atoms with Crippen molar-refractivity contribution in [2.45, 2.75) is 19.9 Å². The summed E-state index contributed by atoms with van der Waals surface area (Å²) >= 11 is 0. The minimum atomic E-state index is -0.867. The molecule has 2 rings (SSSR count). The van der Waals surface area contributed by atoms with Crippen molar-refractivity contribution >= 4 is 11.9 Å². The van der Waals surface area contributed by atoms with Crippen molar-refractivity contribution in [1.29, 1.82) is 0 Å². The van der Waals surface area contributed by atoms with Crippen molar-refractivity contribution in [2.24, 2.45) is 11.8 Å². The molecule has 0 radical (unpaired) electrons. The number of aliphatic carboxylic acids is 1. The van der Waals surface area contributed by atoms with Crippen molar-refractivity contribution in [3.8, 4) is 0 Å². The molecule has 5 nitrogen and oxygen atoms in total. The molecule has 0 unspecified atom stereocenters. The fraction of sp³-hybridized carbons (Fsp3) is 0.462. The highest BCUT2D eigenvalue weighted by atomic mass is 16.4. The Hall–Kier alpha value is -1.91. The van der Waals surface area contributed by atoms with E-state index in [2.05, 4.69) is 4.98 Å². The minimum absolute atomic E-state index is 0.0540. The lowest BCUT2D eigenvalue weighted by Gasteiger charge is -2.21. The molecule has 1 fully saturated rings. The molecule has 0 bridgehead atoms. The second kappa shape index (κ2) is 5.16. The predicted molar refractivity (Wildman–Crippen MR) is 64.6 cm³/mol. The largest absolute Gasteiger partial charge is 0.481 e. The molecule has 0 aromatic carbocycles. The van der Waals surface area contributed by atoms with Gasteiger partial charge in [-0.15, -0.1) is 0 Å². The highest BCUT2D eigenvalue weighted by Crippen LogP contribution is 2.40. The molecule has 2 atom stereocenters. The predicted octanol–water partition coefficient (Wildman–Crippen LogP) is 1.15. The van der Waals surface area contributed by atoms with Gasteiger partial charge >= 0.3 is 5.97 Å². The molecule has 18 heavy (non-hydrogen) atoms. The number of pyridine rings is 1. The van der Waals surface area contributed by atoms with Gasteiger partial charge in [-0.2, -0.15) is 0 Å². The van der Waals surface area contributed by atoms with E-state index in [0.29, 0.717) is 19.5 Å². The van der Waals surface area contributed by atoms with Gasteiger partial charge in [-0.25, -0.2) is 0 Å². The van der Waals surface area contributed by atoms with Crippen LogP contribution >= 0.6 is 0 Å². The Kier molecular flexibility index (Phi) is 3.60. The zero-order valence-corrected chi connectivity index (χ0v) is 10.2. The number of carbonyl (C=O) groups is 2. The molecule has 5 heteroatoms. The average Bonchev–Trinajstić information content (AvgIpc) is 3.16. The fourth-order valence-corrected chi connectivity index (χ4v) is 2.03. The average molecular weight is 248 g/mol. The van der Waals surface area contributed by atoms with E-state index in [0.717, 1.165) is 5.56 Å². The van der Waals surface area contributed by atoms with E-state index < -0.39 is 11.9 Å². The molecule has 1 N–H and O–H groups in total. The molecule has 0 aliphatic heterocycles. The Morgan fingerprint density at radius 1 is 1.39 bits per heavy atom. The molecule has 0 spiro atoms. The molecule has 1 aromatic rings. The zero-order chi connectivity index (χ0) is 13.1. The summed E-state index contributed by atoms with van der Waals surface area (Å²) in [6, 6.07) is 3.72. The van der Waals surface area contributed by atoms with Crippen LogP contribution in [0, 0.1) is 11.8 Å². The van der Waals surface area contributed by atoms with Gasteiger partial charge < -0.3 is 10.0 Å². The SMILES string of the molecule is CCN(Cc1ccncc1)C(=O)[C@@H]1C[C@@H]1C(=O)O. The van der Waals surface area contributed by atoms with Crippen molar-refractivity contribution in [1.82, 2.24) is 9.88 Å². The number of aromatic nitrogens is 1. The molecule has 1 saturated carbocycles. The Labute approximate surface area is 105 Å². The lowest BCUT2D eigenvalue weighted by atomic mass is 10.2. The number of carboxylic acid groups (broad SMARTS) is 1. The van der Waals surface area contributed by atoms with Gasteiger partial charge in [-0.05, 0) is 31.0 Å². The van der Waals surface area contributed by atoms with Crippen LogP contribution in [0.4, 0.5) is 0 Å². The summed E-state index contributed by atoms with van der Waals surface area (Å²) in [4.78, 5) is 28.5. The Balaban J connectivity index is 1.97. The summed E-state index contributed by atoms with van der Waals surface area (Å²) in [5, 5.41) is 8.84. The van der Waals surface area contributed by atoms with Crippen LogP contribution in [0.15, 0.2) is 24.5 Å². The van der Waals surface area contributed by atoms with E-state index in [4.69, 9.17) is 5.11 Å². The van der Waals surface area contributed by atoms with Crippen LogP contribution in [-0.4, -0.2) is 33.4 Å². The van der Waals surface area contributed by atoms with E-state index in [-0.39, 0.29) is 11.8 Å². The van der Waals surface area contributed by atoms with Crippen molar-refractivity contribution in [3.05, 3.63) is 30.1 Å². The van der Waals surface area contributed by atoms with Crippen LogP contribution in [0.25, 0.3) is 0 Å². The third-order valence-electron chi connectivity index (χ3n) is 3.24. The highest BCUT2D eigenvalue weighted by molar-refractivity contribution is 5.89. The molecule has 1 aliphatic carbocycles. The first-order chi connectivity index (χ1) is 8.63. The van der Waals surface area contributed by atoms with Gasteiger partial charge in [0, 0.05) is 25.5 Å². The smallest absolute Gasteiger partial charge is 0.307 e. The first kappa shape index (κ1) is 12.5. The summed E-state index contributed by atoms with van der Waals surface area (Å²) in [5.41, 5.74) is 1.01. The maximum atomic E-state index is 12.1. The van der Waals surface area contributed by atoms with E-state index in [1.807, 2.05) is 19.1 Å². The number of rotatable bonds is 5. The number of hydrogen-bond acceptors (Lipinski definition) is 3. The van der Waals surface area contributed by atoms with E-state index in [1.54, 1.807) is 17.3 Å². The maximum absolute atomic E-state index is 12.1. The third kappa shape index (κ3) is 2.67.